The Balaban J connectivity index is 2.06. The van der Waals surface area contributed by atoms with Gasteiger partial charge in [-0.2, -0.15) is 22.0 Å². The smallest absolute Gasteiger partial charge is 0.456 e. The van der Waals surface area contributed by atoms with Crippen molar-refractivity contribution >= 4 is 16.7 Å². The molecule has 3 nitrogen and oxygen atoms in total. The minimum atomic E-state index is -5.78. The summed E-state index contributed by atoms with van der Waals surface area (Å²) in [6.45, 7) is 3.56. The van der Waals surface area contributed by atoms with Crippen LogP contribution in [0, 0.1) is 5.41 Å². The third-order valence-electron chi connectivity index (χ3n) is 4.29. The minimum Gasteiger partial charge on any atom is -0.481 e. The summed E-state index contributed by atoms with van der Waals surface area (Å²) in [4.78, 5) is 11.6. The predicted molar refractivity (Wildman–Crippen MR) is 99.2 cm³/mol. The van der Waals surface area contributed by atoms with Crippen LogP contribution in [0.4, 0.5) is 22.0 Å². The first-order chi connectivity index (χ1) is 13.3. The number of hydrogen-bond acceptors (Lipinski definition) is 3. The molecule has 0 radical (unpaired) electrons. The number of carbonyl (C=O) groups excluding carboxylic acids is 1. The Kier molecular flexibility index (Phi) is 6.75. The first kappa shape index (κ1) is 22.9. The first-order valence-electron chi connectivity index (χ1n) is 9.04. The molecule has 0 saturated carbocycles. The SMILES string of the molecule is CC(C)(C)CCc1cccc2c(OCC(=O)OCC(F)(F)C(F)(F)F)cccc12. The Labute approximate surface area is 165 Å². The highest BCUT2D eigenvalue weighted by Crippen LogP contribution is 2.35. The molecule has 0 atom stereocenters. The number of fused-ring (bicyclic) bond motifs is 1. The number of halogens is 5. The molecule has 0 aliphatic rings. The lowest BCUT2D eigenvalue weighted by Crippen LogP contribution is -2.41. The summed E-state index contributed by atoms with van der Waals surface area (Å²) in [5.41, 5.74) is 1.24. The van der Waals surface area contributed by atoms with Crippen molar-refractivity contribution in [2.24, 2.45) is 5.41 Å². The number of esters is 1. The maximum absolute atomic E-state index is 12.8. The van der Waals surface area contributed by atoms with E-state index in [0.29, 0.717) is 11.1 Å². The molecule has 2 aromatic carbocycles. The number of rotatable bonds is 7. The number of benzene rings is 2. The molecule has 0 fully saturated rings. The summed E-state index contributed by atoms with van der Waals surface area (Å²) in [7, 11) is 0. The third-order valence-corrected chi connectivity index (χ3v) is 4.29. The van der Waals surface area contributed by atoms with Crippen LogP contribution in [0.15, 0.2) is 36.4 Å². The molecule has 2 rings (SSSR count). The molecule has 0 spiro atoms. The van der Waals surface area contributed by atoms with Crippen molar-refractivity contribution in [3.8, 4) is 5.75 Å². The maximum Gasteiger partial charge on any atom is 0.456 e. The van der Waals surface area contributed by atoms with Gasteiger partial charge in [-0.05, 0) is 35.3 Å². The number of hydrogen-bond donors (Lipinski definition) is 0. The zero-order valence-electron chi connectivity index (χ0n) is 16.4. The van der Waals surface area contributed by atoms with Gasteiger partial charge in [0.15, 0.2) is 13.2 Å². The largest absolute Gasteiger partial charge is 0.481 e. The first-order valence-corrected chi connectivity index (χ1v) is 9.04. The van der Waals surface area contributed by atoms with Crippen LogP contribution >= 0.6 is 0 Å². The van der Waals surface area contributed by atoms with E-state index in [0.717, 1.165) is 23.8 Å². The van der Waals surface area contributed by atoms with Gasteiger partial charge in [0.1, 0.15) is 5.75 Å². The molecule has 0 N–H and O–H groups in total. The molecule has 0 unspecified atom stereocenters. The molecule has 160 valence electrons. The highest BCUT2D eigenvalue weighted by Gasteiger charge is 2.58. The molecule has 0 saturated heterocycles. The van der Waals surface area contributed by atoms with Gasteiger partial charge in [0, 0.05) is 5.39 Å². The summed E-state index contributed by atoms with van der Waals surface area (Å²) in [6, 6.07) is 10.8. The highest BCUT2D eigenvalue weighted by molar-refractivity contribution is 5.91. The Morgan fingerprint density at radius 3 is 2.17 bits per heavy atom. The second-order valence-electron chi connectivity index (χ2n) is 7.98. The van der Waals surface area contributed by atoms with E-state index in [2.05, 4.69) is 25.5 Å². The van der Waals surface area contributed by atoms with Crippen LogP contribution in [0.25, 0.3) is 10.8 Å². The molecule has 0 aromatic heterocycles. The maximum atomic E-state index is 12.8. The average molecular weight is 418 g/mol. The fraction of sp³-hybridized carbons (Fsp3) is 0.476. The van der Waals surface area contributed by atoms with Gasteiger partial charge in [-0.25, -0.2) is 4.79 Å². The molecule has 0 bridgehead atoms. The molecular weight excluding hydrogens is 395 g/mol. The number of aryl methyl sites for hydroxylation is 1. The molecule has 0 aliphatic heterocycles. The Hall–Kier alpha value is -2.38. The number of alkyl halides is 5. The van der Waals surface area contributed by atoms with E-state index in [1.807, 2.05) is 18.2 Å². The van der Waals surface area contributed by atoms with E-state index in [1.165, 1.54) is 0 Å². The van der Waals surface area contributed by atoms with E-state index in [4.69, 9.17) is 4.74 Å². The monoisotopic (exact) mass is 418 g/mol. The lowest BCUT2D eigenvalue weighted by Gasteiger charge is -2.19. The third kappa shape index (κ3) is 6.30. The zero-order valence-corrected chi connectivity index (χ0v) is 16.4. The van der Waals surface area contributed by atoms with Crippen molar-refractivity contribution in [1.82, 2.24) is 0 Å². The predicted octanol–water partition coefficient (Wildman–Crippen LogP) is 5.94. The van der Waals surface area contributed by atoms with Gasteiger partial charge in [0.25, 0.3) is 0 Å². The van der Waals surface area contributed by atoms with Gasteiger partial charge in [-0.1, -0.05) is 51.1 Å². The van der Waals surface area contributed by atoms with Crippen LogP contribution in [0.5, 0.6) is 5.75 Å². The lowest BCUT2D eigenvalue weighted by atomic mass is 9.87. The van der Waals surface area contributed by atoms with E-state index in [1.54, 1.807) is 18.2 Å². The van der Waals surface area contributed by atoms with Crippen molar-refractivity contribution in [1.29, 1.82) is 0 Å². The van der Waals surface area contributed by atoms with Gasteiger partial charge < -0.3 is 9.47 Å². The molecule has 0 heterocycles. The van der Waals surface area contributed by atoms with Crippen molar-refractivity contribution in [3.05, 3.63) is 42.0 Å². The van der Waals surface area contributed by atoms with Crippen LogP contribution in [0.3, 0.4) is 0 Å². The summed E-state index contributed by atoms with van der Waals surface area (Å²) in [5, 5.41) is 1.64. The standard InChI is InChI=1S/C21H23F5O3/c1-19(2,3)11-10-14-6-4-8-16-15(14)7-5-9-17(16)28-12-18(27)29-13-20(22,23)21(24,25)26/h4-9H,10-13H2,1-3H3. The molecule has 8 heteroatoms. The fourth-order valence-corrected chi connectivity index (χ4v) is 2.63. The summed E-state index contributed by atoms with van der Waals surface area (Å²) in [5.74, 6) is -6.10. The average Bonchev–Trinajstić information content (AvgIpc) is 2.61. The second-order valence-corrected chi connectivity index (χ2v) is 7.98. The Morgan fingerprint density at radius 1 is 0.931 bits per heavy atom. The Bertz CT molecular complexity index is 853. The van der Waals surface area contributed by atoms with Gasteiger partial charge in [0.2, 0.25) is 0 Å². The topological polar surface area (TPSA) is 35.5 Å². The normalized spacial score (nSPS) is 12.8. The van der Waals surface area contributed by atoms with E-state index in [9.17, 15) is 26.7 Å². The molecule has 2 aromatic rings. The lowest BCUT2D eigenvalue weighted by molar-refractivity contribution is -0.294. The molecule has 0 aliphatic carbocycles. The van der Waals surface area contributed by atoms with E-state index < -0.39 is 31.3 Å². The Morgan fingerprint density at radius 2 is 1.55 bits per heavy atom. The molecule has 29 heavy (non-hydrogen) atoms. The molecular formula is C21H23F5O3. The fourth-order valence-electron chi connectivity index (χ4n) is 2.63. The van der Waals surface area contributed by atoms with Crippen molar-refractivity contribution < 1.29 is 36.2 Å². The van der Waals surface area contributed by atoms with Gasteiger partial charge in [0.05, 0.1) is 0 Å². The summed E-state index contributed by atoms with van der Waals surface area (Å²) in [6.07, 6.45) is -4.00. The van der Waals surface area contributed by atoms with Gasteiger partial charge in [-0.3, -0.25) is 0 Å². The van der Waals surface area contributed by atoms with Crippen LogP contribution < -0.4 is 4.74 Å². The van der Waals surface area contributed by atoms with Gasteiger partial charge >= 0.3 is 18.1 Å². The van der Waals surface area contributed by atoms with Crippen molar-refractivity contribution in [2.45, 2.75) is 45.7 Å². The zero-order chi connectivity index (χ0) is 21.9. The minimum absolute atomic E-state index is 0.151. The van der Waals surface area contributed by atoms with Crippen LogP contribution in [0.1, 0.15) is 32.8 Å². The molecule has 0 amide bonds. The van der Waals surface area contributed by atoms with Crippen molar-refractivity contribution in [3.63, 3.8) is 0 Å². The summed E-state index contributed by atoms with van der Waals surface area (Å²) >= 11 is 0. The van der Waals surface area contributed by atoms with Crippen LogP contribution in [-0.4, -0.2) is 31.3 Å². The van der Waals surface area contributed by atoms with E-state index in [-0.39, 0.29) is 5.41 Å². The van der Waals surface area contributed by atoms with Crippen LogP contribution in [-0.2, 0) is 16.0 Å². The number of carbonyl (C=O) groups is 1. The van der Waals surface area contributed by atoms with E-state index >= 15 is 0 Å². The van der Waals surface area contributed by atoms with Crippen molar-refractivity contribution in [2.75, 3.05) is 13.2 Å². The highest BCUT2D eigenvalue weighted by atomic mass is 19.4. The van der Waals surface area contributed by atoms with Crippen LogP contribution in [0.2, 0.25) is 0 Å². The second kappa shape index (κ2) is 8.55. The summed E-state index contributed by atoms with van der Waals surface area (Å²) < 4.78 is 71.3. The number of ether oxygens (including phenoxy) is 2. The quantitative estimate of drug-likeness (QED) is 0.413. The van der Waals surface area contributed by atoms with Gasteiger partial charge in [-0.15, -0.1) is 0 Å².